The monoisotopic (exact) mass is 278 g/mol. The second-order valence-electron chi connectivity index (χ2n) is 5.91. The van der Waals surface area contributed by atoms with E-state index in [0.717, 1.165) is 57.2 Å². The van der Waals surface area contributed by atoms with Gasteiger partial charge in [-0.3, -0.25) is 9.78 Å². The number of H-pyrrole nitrogens is 1. The van der Waals surface area contributed by atoms with Crippen molar-refractivity contribution in [2.24, 2.45) is 5.92 Å². The number of nitrogens with one attached hydrogen (secondary N) is 1. The van der Waals surface area contributed by atoms with Crippen LogP contribution in [0.5, 0.6) is 0 Å². The molecule has 112 valence electrons. The standard InChI is InChI=1S/C15H26N4O/c1-4-18-7-9-19(10-8-18)15-16-13(6-5-12(2)3)11-14(20)17-15/h11-12H,4-10H2,1-3H3,(H,16,17,20). The normalized spacial score (nSPS) is 16.9. The third-order valence-electron chi connectivity index (χ3n) is 3.88. The summed E-state index contributed by atoms with van der Waals surface area (Å²) in [5.41, 5.74) is 0.877. The average molecular weight is 278 g/mol. The van der Waals surface area contributed by atoms with Gasteiger partial charge in [0, 0.05) is 37.9 Å². The first kappa shape index (κ1) is 15.0. The average Bonchev–Trinajstić information content (AvgIpc) is 2.44. The molecular weight excluding hydrogens is 252 g/mol. The summed E-state index contributed by atoms with van der Waals surface area (Å²) in [6.45, 7) is 11.6. The van der Waals surface area contributed by atoms with Gasteiger partial charge in [-0.1, -0.05) is 20.8 Å². The Morgan fingerprint density at radius 2 is 2.00 bits per heavy atom. The molecule has 0 atom stereocenters. The fraction of sp³-hybridized carbons (Fsp3) is 0.733. The maximum absolute atomic E-state index is 11.8. The van der Waals surface area contributed by atoms with E-state index in [1.807, 2.05) is 0 Å². The van der Waals surface area contributed by atoms with E-state index >= 15 is 0 Å². The lowest BCUT2D eigenvalue weighted by Gasteiger charge is -2.34. The number of hydrogen-bond donors (Lipinski definition) is 1. The lowest BCUT2D eigenvalue weighted by Crippen LogP contribution is -2.47. The molecule has 0 saturated carbocycles. The Kier molecular flexibility index (Phi) is 5.17. The van der Waals surface area contributed by atoms with E-state index in [4.69, 9.17) is 0 Å². The Morgan fingerprint density at radius 3 is 2.60 bits per heavy atom. The van der Waals surface area contributed by atoms with Crippen molar-refractivity contribution >= 4 is 5.95 Å². The highest BCUT2D eigenvalue weighted by Crippen LogP contribution is 2.12. The largest absolute Gasteiger partial charge is 0.340 e. The molecule has 1 aromatic rings. The number of rotatable bonds is 5. The number of aryl methyl sites for hydroxylation is 1. The summed E-state index contributed by atoms with van der Waals surface area (Å²) in [4.78, 5) is 23.9. The van der Waals surface area contributed by atoms with E-state index in [1.54, 1.807) is 6.07 Å². The van der Waals surface area contributed by atoms with Crippen molar-refractivity contribution in [1.29, 1.82) is 0 Å². The third kappa shape index (κ3) is 4.07. The Bertz CT molecular complexity index is 475. The first-order chi connectivity index (χ1) is 9.58. The topological polar surface area (TPSA) is 52.2 Å². The fourth-order valence-electron chi connectivity index (χ4n) is 2.48. The zero-order valence-electron chi connectivity index (χ0n) is 12.9. The molecule has 0 amide bonds. The quantitative estimate of drug-likeness (QED) is 0.887. The van der Waals surface area contributed by atoms with Gasteiger partial charge in [0.2, 0.25) is 5.95 Å². The molecule has 0 bridgehead atoms. The molecule has 1 aliphatic rings. The Balaban J connectivity index is 2.06. The lowest BCUT2D eigenvalue weighted by molar-refractivity contribution is 0.269. The number of nitrogens with zero attached hydrogens (tertiary/aromatic N) is 3. The summed E-state index contributed by atoms with van der Waals surface area (Å²) in [6.07, 6.45) is 1.95. The fourth-order valence-corrected chi connectivity index (χ4v) is 2.48. The number of anilines is 1. The summed E-state index contributed by atoms with van der Waals surface area (Å²) in [5.74, 6) is 1.37. The van der Waals surface area contributed by atoms with Gasteiger partial charge in [-0.25, -0.2) is 4.98 Å². The van der Waals surface area contributed by atoms with Crippen molar-refractivity contribution in [3.8, 4) is 0 Å². The van der Waals surface area contributed by atoms with Crippen LogP contribution >= 0.6 is 0 Å². The van der Waals surface area contributed by atoms with E-state index in [-0.39, 0.29) is 5.56 Å². The van der Waals surface area contributed by atoms with E-state index < -0.39 is 0 Å². The van der Waals surface area contributed by atoms with Gasteiger partial charge in [0.05, 0.1) is 0 Å². The molecule has 20 heavy (non-hydrogen) atoms. The summed E-state index contributed by atoms with van der Waals surface area (Å²) in [6, 6.07) is 1.63. The van der Waals surface area contributed by atoms with Gasteiger partial charge in [0.1, 0.15) is 0 Å². The molecular formula is C15H26N4O. The Hall–Kier alpha value is -1.36. The van der Waals surface area contributed by atoms with Crippen LogP contribution in [0.15, 0.2) is 10.9 Å². The molecule has 0 spiro atoms. The highest BCUT2D eigenvalue weighted by Gasteiger charge is 2.17. The van der Waals surface area contributed by atoms with Crippen LogP contribution in [-0.4, -0.2) is 47.6 Å². The van der Waals surface area contributed by atoms with Gasteiger partial charge in [-0.15, -0.1) is 0 Å². The van der Waals surface area contributed by atoms with Gasteiger partial charge >= 0.3 is 0 Å². The van der Waals surface area contributed by atoms with Crippen LogP contribution in [0.4, 0.5) is 5.95 Å². The van der Waals surface area contributed by atoms with Crippen LogP contribution in [0.2, 0.25) is 0 Å². The molecule has 0 unspecified atom stereocenters. The van der Waals surface area contributed by atoms with E-state index in [9.17, 15) is 4.79 Å². The third-order valence-corrected chi connectivity index (χ3v) is 3.88. The van der Waals surface area contributed by atoms with E-state index in [2.05, 4.69) is 40.5 Å². The predicted molar refractivity (Wildman–Crippen MR) is 82.3 cm³/mol. The molecule has 0 aliphatic carbocycles. The summed E-state index contributed by atoms with van der Waals surface area (Å²) in [7, 11) is 0. The van der Waals surface area contributed by atoms with Gasteiger partial charge < -0.3 is 9.80 Å². The van der Waals surface area contributed by atoms with Crippen molar-refractivity contribution in [2.75, 3.05) is 37.6 Å². The molecule has 5 heteroatoms. The van der Waals surface area contributed by atoms with Crippen LogP contribution in [0.1, 0.15) is 32.9 Å². The number of likely N-dealkylation sites (N-methyl/N-ethyl adjacent to an activating group) is 1. The second-order valence-corrected chi connectivity index (χ2v) is 5.91. The minimum absolute atomic E-state index is 0.0355. The Morgan fingerprint density at radius 1 is 1.30 bits per heavy atom. The molecule has 1 saturated heterocycles. The minimum Gasteiger partial charge on any atom is -0.340 e. The highest BCUT2D eigenvalue weighted by molar-refractivity contribution is 5.31. The zero-order valence-corrected chi connectivity index (χ0v) is 12.9. The molecule has 1 aliphatic heterocycles. The molecule has 0 aromatic carbocycles. The summed E-state index contributed by atoms with van der Waals surface area (Å²) < 4.78 is 0. The molecule has 2 rings (SSSR count). The van der Waals surface area contributed by atoms with Crippen molar-refractivity contribution in [3.63, 3.8) is 0 Å². The van der Waals surface area contributed by atoms with E-state index in [1.165, 1.54) is 0 Å². The maximum Gasteiger partial charge on any atom is 0.252 e. The van der Waals surface area contributed by atoms with Crippen LogP contribution in [-0.2, 0) is 6.42 Å². The van der Waals surface area contributed by atoms with Crippen molar-refractivity contribution < 1.29 is 0 Å². The highest BCUT2D eigenvalue weighted by atomic mass is 16.1. The van der Waals surface area contributed by atoms with Crippen LogP contribution < -0.4 is 10.5 Å². The van der Waals surface area contributed by atoms with Crippen molar-refractivity contribution in [2.45, 2.75) is 33.6 Å². The van der Waals surface area contributed by atoms with Crippen LogP contribution in [0.3, 0.4) is 0 Å². The maximum atomic E-state index is 11.8. The van der Waals surface area contributed by atoms with Crippen LogP contribution in [0.25, 0.3) is 0 Å². The molecule has 2 heterocycles. The number of piperazine rings is 1. The number of aromatic nitrogens is 2. The first-order valence-electron chi connectivity index (χ1n) is 7.66. The lowest BCUT2D eigenvalue weighted by atomic mass is 10.1. The van der Waals surface area contributed by atoms with Gasteiger partial charge in [-0.2, -0.15) is 0 Å². The smallest absolute Gasteiger partial charge is 0.252 e. The van der Waals surface area contributed by atoms with Gasteiger partial charge in [0.15, 0.2) is 0 Å². The Labute approximate surface area is 121 Å². The van der Waals surface area contributed by atoms with E-state index in [0.29, 0.717) is 5.92 Å². The molecule has 1 fully saturated rings. The number of aromatic amines is 1. The van der Waals surface area contributed by atoms with Crippen molar-refractivity contribution in [1.82, 2.24) is 14.9 Å². The minimum atomic E-state index is -0.0355. The molecule has 1 aromatic heterocycles. The van der Waals surface area contributed by atoms with Gasteiger partial charge in [0.25, 0.3) is 5.56 Å². The predicted octanol–water partition coefficient (Wildman–Crippen LogP) is 1.50. The summed E-state index contributed by atoms with van der Waals surface area (Å²) in [5, 5.41) is 0. The van der Waals surface area contributed by atoms with Gasteiger partial charge in [-0.05, 0) is 25.3 Å². The molecule has 5 nitrogen and oxygen atoms in total. The summed E-state index contributed by atoms with van der Waals surface area (Å²) >= 11 is 0. The zero-order chi connectivity index (χ0) is 14.5. The van der Waals surface area contributed by atoms with Crippen LogP contribution in [0, 0.1) is 5.92 Å². The first-order valence-corrected chi connectivity index (χ1v) is 7.66. The molecule has 1 N–H and O–H groups in total. The number of hydrogen-bond acceptors (Lipinski definition) is 4. The SMILES string of the molecule is CCN1CCN(c2nc(CCC(C)C)cc(=O)[nH]2)CC1. The van der Waals surface area contributed by atoms with Crippen molar-refractivity contribution in [3.05, 3.63) is 22.1 Å². The second kappa shape index (κ2) is 6.88. The molecule has 0 radical (unpaired) electrons.